The van der Waals surface area contributed by atoms with Crippen LogP contribution in [-0.2, 0) is 11.3 Å². The number of nitrogens with zero attached hydrogens (tertiary/aromatic N) is 2. The van der Waals surface area contributed by atoms with E-state index in [1.807, 2.05) is 0 Å². The summed E-state index contributed by atoms with van der Waals surface area (Å²) in [6, 6.07) is 11.6. The summed E-state index contributed by atoms with van der Waals surface area (Å²) in [5.74, 6) is 0.260. The number of carbonyl (C=O) groups excluding carboxylic acids is 1. The molecule has 0 saturated heterocycles. The Morgan fingerprint density at radius 3 is 2.71 bits per heavy atom. The zero-order valence-corrected chi connectivity index (χ0v) is 16.0. The zero-order chi connectivity index (χ0) is 19.8. The Kier molecular flexibility index (Phi) is 4.56. The van der Waals surface area contributed by atoms with E-state index in [4.69, 9.17) is 4.74 Å². The van der Waals surface area contributed by atoms with Gasteiger partial charge in [0.2, 0.25) is 5.91 Å². The summed E-state index contributed by atoms with van der Waals surface area (Å²) in [5, 5.41) is 3.09. The average Bonchev–Trinajstić information content (AvgIpc) is 3.06. The molecule has 0 atom stereocenters. The van der Waals surface area contributed by atoms with E-state index < -0.39 is 5.82 Å². The van der Waals surface area contributed by atoms with Gasteiger partial charge >= 0.3 is 0 Å². The molecule has 4 rings (SSSR count). The number of anilines is 1. The lowest BCUT2D eigenvalue weighted by atomic mass is 10.2. The summed E-state index contributed by atoms with van der Waals surface area (Å²) in [5.41, 5.74) is 0.579. The molecule has 1 N–H and O–H groups in total. The van der Waals surface area contributed by atoms with Crippen molar-refractivity contribution in [3.63, 3.8) is 0 Å². The number of halogens is 1. The first-order chi connectivity index (χ1) is 13.5. The number of hydrogen-bond donors (Lipinski definition) is 1. The van der Waals surface area contributed by atoms with Crippen LogP contribution in [0.2, 0.25) is 0 Å². The SMILES string of the molecule is COc1ccc(NC(=O)Cn2c(C)nc3c(sc4cccc(F)c43)c2=O)cc1. The van der Waals surface area contributed by atoms with Crippen LogP contribution in [0.1, 0.15) is 5.82 Å². The summed E-state index contributed by atoms with van der Waals surface area (Å²) in [6.07, 6.45) is 0. The number of carbonyl (C=O) groups is 1. The van der Waals surface area contributed by atoms with E-state index >= 15 is 0 Å². The standard InChI is InChI=1S/C20H16FN3O3S/c1-11-22-18-17-14(21)4-3-5-15(17)28-19(18)20(26)24(11)10-16(25)23-12-6-8-13(27-2)9-7-12/h3-9H,10H2,1-2H3,(H,23,25). The molecule has 142 valence electrons. The molecule has 0 aliphatic heterocycles. The van der Waals surface area contributed by atoms with Crippen LogP contribution < -0.4 is 15.6 Å². The summed E-state index contributed by atoms with van der Waals surface area (Å²) < 4.78 is 21.6. The molecule has 0 unspecified atom stereocenters. The molecule has 8 heteroatoms. The van der Waals surface area contributed by atoms with Crippen molar-refractivity contribution in [2.45, 2.75) is 13.5 Å². The van der Waals surface area contributed by atoms with Gasteiger partial charge in [-0.3, -0.25) is 14.2 Å². The van der Waals surface area contributed by atoms with Gasteiger partial charge < -0.3 is 10.1 Å². The molecular weight excluding hydrogens is 381 g/mol. The topological polar surface area (TPSA) is 73.2 Å². The molecule has 1 amide bonds. The summed E-state index contributed by atoms with van der Waals surface area (Å²) in [7, 11) is 1.56. The van der Waals surface area contributed by atoms with E-state index in [0.29, 0.717) is 37.6 Å². The highest BCUT2D eigenvalue weighted by Gasteiger charge is 2.18. The molecule has 0 saturated carbocycles. The molecule has 2 aromatic heterocycles. The van der Waals surface area contributed by atoms with E-state index in [9.17, 15) is 14.0 Å². The van der Waals surface area contributed by atoms with Gasteiger partial charge in [-0.15, -0.1) is 11.3 Å². The molecule has 0 fully saturated rings. The van der Waals surface area contributed by atoms with Crippen LogP contribution in [0.4, 0.5) is 10.1 Å². The number of rotatable bonds is 4. The fourth-order valence-corrected chi connectivity index (χ4v) is 4.14. The second-order valence-electron chi connectivity index (χ2n) is 6.22. The number of aryl methyl sites for hydroxylation is 1. The highest BCUT2D eigenvalue weighted by atomic mass is 32.1. The maximum Gasteiger partial charge on any atom is 0.272 e. The zero-order valence-electron chi connectivity index (χ0n) is 15.2. The van der Waals surface area contributed by atoms with Gasteiger partial charge in [0.15, 0.2) is 0 Å². The predicted molar refractivity (Wildman–Crippen MR) is 108 cm³/mol. The van der Waals surface area contributed by atoms with Gasteiger partial charge in [0.25, 0.3) is 5.56 Å². The fraction of sp³-hybridized carbons (Fsp3) is 0.150. The van der Waals surface area contributed by atoms with Gasteiger partial charge in [-0.05, 0) is 43.3 Å². The van der Waals surface area contributed by atoms with Crippen LogP contribution in [0.5, 0.6) is 5.75 Å². The third-order valence-corrected chi connectivity index (χ3v) is 5.55. The van der Waals surface area contributed by atoms with Crippen LogP contribution >= 0.6 is 11.3 Å². The summed E-state index contributed by atoms with van der Waals surface area (Å²) >= 11 is 1.18. The summed E-state index contributed by atoms with van der Waals surface area (Å²) in [4.78, 5) is 29.7. The molecule has 28 heavy (non-hydrogen) atoms. The Balaban J connectivity index is 1.68. The normalized spacial score (nSPS) is 11.1. The van der Waals surface area contributed by atoms with Crippen molar-refractivity contribution >= 4 is 43.2 Å². The predicted octanol–water partition coefficient (Wildman–Crippen LogP) is 3.71. The monoisotopic (exact) mass is 397 g/mol. The molecule has 2 heterocycles. The van der Waals surface area contributed by atoms with Crippen molar-refractivity contribution in [3.05, 3.63) is 64.5 Å². The fourth-order valence-electron chi connectivity index (χ4n) is 3.04. The van der Waals surface area contributed by atoms with Crippen molar-refractivity contribution < 1.29 is 13.9 Å². The first kappa shape index (κ1) is 18.1. The number of hydrogen-bond acceptors (Lipinski definition) is 5. The van der Waals surface area contributed by atoms with E-state index in [-0.39, 0.29) is 18.0 Å². The smallest absolute Gasteiger partial charge is 0.272 e. The Hall–Kier alpha value is -3.26. The second kappa shape index (κ2) is 7.05. The third kappa shape index (κ3) is 3.11. The quantitative estimate of drug-likeness (QED) is 0.570. The molecule has 0 aliphatic rings. The van der Waals surface area contributed by atoms with Crippen LogP contribution in [0.3, 0.4) is 0 Å². The maximum absolute atomic E-state index is 14.2. The number of ether oxygens (including phenoxy) is 1. The van der Waals surface area contributed by atoms with E-state index in [1.165, 1.54) is 22.0 Å². The lowest BCUT2D eigenvalue weighted by Gasteiger charge is -2.10. The van der Waals surface area contributed by atoms with Crippen LogP contribution in [-0.4, -0.2) is 22.6 Å². The van der Waals surface area contributed by atoms with Gasteiger partial charge in [-0.1, -0.05) is 6.07 Å². The number of thiophene rings is 1. The van der Waals surface area contributed by atoms with E-state index in [0.717, 1.165) is 0 Å². The molecule has 6 nitrogen and oxygen atoms in total. The van der Waals surface area contributed by atoms with Crippen LogP contribution in [0, 0.1) is 12.7 Å². The highest BCUT2D eigenvalue weighted by molar-refractivity contribution is 7.25. The lowest BCUT2D eigenvalue weighted by molar-refractivity contribution is -0.116. The maximum atomic E-state index is 14.2. The molecule has 0 spiro atoms. The van der Waals surface area contributed by atoms with Gasteiger partial charge in [-0.25, -0.2) is 9.37 Å². The van der Waals surface area contributed by atoms with Gasteiger partial charge in [-0.2, -0.15) is 0 Å². The average molecular weight is 397 g/mol. The van der Waals surface area contributed by atoms with Gasteiger partial charge in [0.1, 0.15) is 28.6 Å². The minimum atomic E-state index is -0.412. The Bertz CT molecular complexity index is 1260. The van der Waals surface area contributed by atoms with Crippen LogP contribution in [0.15, 0.2) is 47.3 Å². The minimum absolute atomic E-state index is 0.184. The van der Waals surface area contributed by atoms with Crippen molar-refractivity contribution in [1.29, 1.82) is 0 Å². The molecule has 0 radical (unpaired) electrons. The van der Waals surface area contributed by atoms with Gasteiger partial charge in [0, 0.05) is 10.4 Å². The first-order valence-corrected chi connectivity index (χ1v) is 9.31. The molecule has 0 bridgehead atoms. The Labute approximate surface area is 163 Å². The number of aromatic nitrogens is 2. The lowest BCUT2D eigenvalue weighted by Crippen LogP contribution is -2.29. The van der Waals surface area contributed by atoms with Crippen LogP contribution in [0.25, 0.3) is 20.3 Å². The highest BCUT2D eigenvalue weighted by Crippen LogP contribution is 2.32. The Morgan fingerprint density at radius 1 is 1.25 bits per heavy atom. The van der Waals surface area contributed by atoms with Crippen molar-refractivity contribution in [2.24, 2.45) is 0 Å². The number of methoxy groups -OCH3 is 1. The number of fused-ring (bicyclic) bond motifs is 3. The Morgan fingerprint density at radius 2 is 2.00 bits per heavy atom. The van der Waals surface area contributed by atoms with Crippen molar-refractivity contribution in [1.82, 2.24) is 9.55 Å². The summed E-state index contributed by atoms with van der Waals surface area (Å²) in [6.45, 7) is 1.45. The van der Waals surface area contributed by atoms with E-state index in [1.54, 1.807) is 50.4 Å². The number of benzene rings is 2. The minimum Gasteiger partial charge on any atom is -0.497 e. The van der Waals surface area contributed by atoms with E-state index in [2.05, 4.69) is 10.3 Å². The molecular formula is C20H16FN3O3S. The largest absolute Gasteiger partial charge is 0.497 e. The molecule has 0 aliphatic carbocycles. The third-order valence-electron chi connectivity index (χ3n) is 4.42. The second-order valence-corrected chi connectivity index (χ2v) is 7.27. The first-order valence-electron chi connectivity index (χ1n) is 8.50. The van der Waals surface area contributed by atoms with Crippen molar-refractivity contribution in [2.75, 3.05) is 12.4 Å². The number of nitrogens with one attached hydrogen (secondary N) is 1. The molecule has 2 aromatic carbocycles. The van der Waals surface area contributed by atoms with Gasteiger partial charge in [0.05, 0.1) is 18.0 Å². The number of amides is 1. The van der Waals surface area contributed by atoms with Crippen molar-refractivity contribution in [3.8, 4) is 5.75 Å². The molecule has 4 aromatic rings.